The van der Waals surface area contributed by atoms with Gasteiger partial charge in [-0.1, -0.05) is 12.1 Å². The first-order chi connectivity index (χ1) is 13.0. The number of fused-ring (bicyclic) bond motifs is 1. The van der Waals surface area contributed by atoms with E-state index in [-0.39, 0.29) is 30.4 Å². The highest BCUT2D eigenvalue weighted by molar-refractivity contribution is 5.83. The highest BCUT2D eigenvalue weighted by atomic mass is 16.5. The third-order valence-corrected chi connectivity index (χ3v) is 4.99. The molecule has 0 unspecified atom stereocenters. The zero-order chi connectivity index (χ0) is 19.4. The van der Waals surface area contributed by atoms with Crippen LogP contribution in [0.1, 0.15) is 12.1 Å². The van der Waals surface area contributed by atoms with Gasteiger partial charge in [-0.2, -0.15) is 0 Å². The van der Waals surface area contributed by atoms with Crippen LogP contribution in [-0.2, 0) is 20.9 Å². The molecule has 2 amide bonds. The van der Waals surface area contributed by atoms with E-state index in [0.717, 1.165) is 17.6 Å². The maximum atomic E-state index is 12.9. The number of pyridine rings is 1. The van der Waals surface area contributed by atoms with E-state index in [2.05, 4.69) is 0 Å². The van der Waals surface area contributed by atoms with E-state index in [0.29, 0.717) is 31.6 Å². The highest BCUT2D eigenvalue weighted by Crippen LogP contribution is 2.14. The van der Waals surface area contributed by atoms with E-state index in [9.17, 15) is 14.4 Å². The van der Waals surface area contributed by atoms with E-state index in [1.165, 1.54) is 7.11 Å². The van der Waals surface area contributed by atoms with Gasteiger partial charge < -0.3 is 19.1 Å². The molecule has 1 fully saturated rings. The van der Waals surface area contributed by atoms with Crippen molar-refractivity contribution in [3.05, 3.63) is 46.2 Å². The number of carbonyl (C=O) groups excluding carboxylic acids is 2. The average molecular weight is 371 g/mol. The lowest BCUT2D eigenvalue weighted by Crippen LogP contribution is -2.39. The Kier molecular flexibility index (Phi) is 5.91. The van der Waals surface area contributed by atoms with Gasteiger partial charge in [-0.25, -0.2) is 0 Å². The Bertz CT molecular complexity index is 906. The first kappa shape index (κ1) is 19.1. The number of hydrogen-bond donors (Lipinski definition) is 0. The molecule has 0 N–H and O–H groups in total. The Balaban J connectivity index is 1.76. The third-order valence-electron chi connectivity index (χ3n) is 4.99. The van der Waals surface area contributed by atoms with Crippen LogP contribution in [0.4, 0.5) is 0 Å². The molecule has 0 atom stereocenters. The maximum Gasteiger partial charge on any atom is 0.248 e. The molecule has 1 aliphatic rings. The van der Waals surface area contributed by atoms with E-state index < -0.39 is 0 Å². The Labute approximate surface area is 158 Å². The van der Waals surface area contributed by atoms with Crippen LogP contribution in [-0.4, -0.2) is 66.1 Å². The van der Waals surface area contributed by atoms with Crippen LogP contribution < -0.4 is 5.43 Å². The molecule has 2 heterocycles. The van der Waals surface area contributed by atoms with Crippen LogP contribution in [0.3, 0.4) is 0 Å². The van der Waals surface area contributed by atoms with Gasteiger partial charge in [0.15, 0.2) is 5.43 Å². The molecule has 27 heavy (non-hydrogen) atoms. The minimum Gasteiger partial charge on any atom is -0.375 e. The van der Waals surface area contributed by atoms with Gasteiger partial charge in [0.2, 0.25) is 11.8 Å². The predicted octanol–water partition coefficient (Wildman–Crippen LogP) is 1.02. The van der Waals surface area contributed by atoms with Gasteiger partial charge in [0.25, 0.3) is 0 Å². The number of benzene rings is 1. The summed E-state index contributed by atoms with van der Waals surface area (Å²) in [4.78, 5) is 40.6. The lowest BCUT2D eigenvalue weighted by molar-refractivity contribution is -0.136. The molecule has 7 heteroatoms. The number of aromatic nitrogens is 1. The standard InChI is InChI=1S/C20H25N3O4/c1-15-12-18(24)16-6-3-4-7-17(16)23(15)13-19(25)21-8-5-9-22(11-10-21)20(26)14-27-2/h3-4,6-7,12H,5,8-11,13-14H2,1-2H3. The van der Waals surface area contributed by atoms with Crippen molar-refractivity contribution in [2.45, 2.75) is 19.9 Å². The second kappa shape index (κ2) is 8.35. The van der Waals surface area contributed by atoms with Crippen molar-refractivity contribution in [1.82, 2.24) is 14.4 Å². The molecule has 2 aromatic rings. The number of aryl methyl sites for hydroxylation is 1. The second-order valence-corrected chi connectivity index (χ2v) is 6.80. The van der Waals surface area contributed by atoms with Gasteiger partial charge in [0.1, 0.15) is 13.2 Å². The smallest absolute Gasteiger partial charge is 0.248 e. The van der Waals surface area contributed by atoms with E-state index in [4.69, 9.17) is 4.74 Å². The van der Waals surface area contributed by atoms with Gasteiger partial charge in [0, 0.05) is 50.4 Å². The molecular formula is C20H25N3O4. The van der Waals surface area contributed by atoms with Gasteiger partial charge in [-0.05, 0) is 25.5 Å². The fourth-order valence-electron chi connectivity index (χ4n) is 3.53. The Morgan fingerprint density at radius 2 is 1.70 bits per heavy atom. The summed E-state index contributed by atoms with van der Waals surface area (Å²) in [6.07, 6.45) is 0.741. The fraction of sp³-hybridized carbons (Fsp3) is 0.450. The maximum absolute atomic E-state index is 12.9. The molecule has 0 saturated carbocycles. The quantitative estimate of drug-likeness (QED) is 0.804. The van der Waals surface area contributed by atoms with Crippen molar-refractivity contribution in [2.24, 2.45) is 0 Å². The number of hydrogen-bond acceptors (Lipinski definition) is 4. The summed E-state index contributed by atoms with van der Waals surface area (Å²) in [6, 6.07) is 8.91. The highest BCUT2D eigenvalue weighted by Gasteiger charge is 2.22. The first-order valence-electron chi connectivity index (χ1n) is 9.15. The Morgan fingerprint density at radius 3 is 2.41 bits per heavy atom. The van der Waals surface area contributed by atoms with E-state index in [1.807, 2.05) is 29.7 Å². The first-order valence-corrected chi connectivity index (χ1v) is 9.15. The average Bonchev–Trinajstić information content (AvgIpc) is 2.91. The predicted molar refractivity (Wildman–Crippen MR) is 103 cm³/mol. The zero-order valence-corrected chi connectivity index (χ0v) is 15.8. The van der Waals surface area contributed by atoms with Crippen LogP contribution in [0.5, 0.6) is 0 Å². The van der Waals surface area contributed by atoms with Crippen molar-refractivity contribution in [3.63, 3.8) is 0 Å². The Morgan fingerprint density at radius 1 is 1.04 bits per heavy atom. The second-order valence-electron chi connectivity index (χ2n) is 6.80. The third kappa shape index (κ3) is 4.19. The van der Waals surface area contributed by atoms with Gasteiger partial charge in [-0.15, -0.1) is 0 Å². The summed E-state index contributed by atoms with van der Waals surface area (Å²) in [5, 5.41) is 0.614. The van der Waals surface area contributed by atoms with Gasteiger partial charge >= 0.3 is 0 Å². The molecule has 1 aromatic carbocycles. The van der Waals surface area contributed by atoms with Crippen LogP contribution in [0.15, 0.2) is 35.1 Å². The van der Waals surface area contributed by atoms with Crippen molar-refractivity contribution >= 4 is 22.7 Å². The zero-order valence-electron chi connectivity index (χ0n) is 15.8. The Hall–Kier alpha value is -2.67. The lowest BCUT2D eigenvalue weighted by Gasteiger charge is -2.23. The van der Waals surface area contributed by atoms with Gasteiger partial charge in [-0.3, -0.25) is 14.4 Å². The largest absolute Gasteiger partial charge is 0.375 e. The monoisotopic (exact) mass is 371 g/mol. The summed E-state index contributed by atoms with van der Waals surface area (Å²) < 4.78 is 6.80. The number of rotatable bonds is 4. The molecule has 1 aromatic heterocycles. The van der Waals surface area contributed by atoms with E-state index >= 15 is 0 Å². The minimum atomic E-state index is -0.0472. The molecule has 0 aliphatic carbocycles. The number of para-hydroxylation sites is 1. The summed E-state index contributed by atoms with van der Waals surface area (Å²) in [7, 11) is 1.50. The molecule has 1 aliphatic heterocycles. The van der Waals surface area contributed by atoms with Crippen LogP contribution in [0.25, 0.3) is 10.9 Å². The molecule has 0 spiro atoms. The summed E-state index contributed by atoms with van der Waals surface area (Å²) in [5.41, 5.74) is 1.50. The van der Waals surface area contributed by atoms with Gasteiger partial charge in [0.05, 0.1) is 5.52 Å². The summed E-state index contributed by atoms with van der Waals surface area (Å²) in [6.45, 7) is 4.35. The number of ether oxygens (including phenoxy) is 1. The molecule has 1 saturated heterocycles. The minimum absolute atomic E-state index is 0.00653. The molecular weight excluding hydrogens is 346 g/mol. The molecule has 0 bridgehead atoms. The van der Waals surface area contributed by atoms with Crippen LogP contribution in [0.2, 0.25) is 0 Å². The number of amides is 2. The fourth-order valence-corrected chi connectivity index (χ4v) is 3.53. The topological polar surface area (TPSA) is 71.8 Å². The normalized spacial score (nSPS) is 15.0. The van der Waals surface area contributed by atoms with Crippen LogP contribution >= 0.6 is 0 Å². The number of nitrogens with zero attached hydrogens (tertiary/aromatic N) is 3. The molecule has 0 radical (unpaired) electrons. The van der Waals surface area contributed by atoms with E-state index in [1.54, 1.807) is 21.9 Å². The number of methoxy groups -OCH3 is 1. The van der Waals surface area contributed by atoms with Crippen molar-refractivity contribution in [2.75, 3.05) is 39.9 Å². The van der Waals surface area contributed by atoms with Crippen molar-refractivity contribution in [3.8, 4) is 0 Å². The lowest BCUT2D eigenvalue weighted by atomic mass is 10.2. The van der Waals surface area contributed by atoms with Crippen molar-refractivity contribution in [1.29, 1.82) is 0 Å². The molecule has 7 nitrogen and oxygen atoms in total. The van der Waals surface area contributed by atoms with Crippen molar-refractivity contribution < 1.29 is 14.3 Å². The number of carbonyl (C=O) groups is 2. The van der Waals surface area contributed by atoms with Crippen LogP contribution in [0, 0.1) is 6.92 Å². The molecule has 144 valence electrons. The molecule has 3 rings (SSSR count). The SMILES string of the molecule is COCC(=O)N1CCCN(C(=O)Cn2c(C)cc(=O)c3ccccc32)CC1. The summed E-state index contributed by atoms with van der Waals surface area (Å²) in [5.74, 6) is -0.0537. The summed E-state index contributed by atoms with van der Waals surface area (Å²) >= 11 is 0.